The molecule has 0 fully saturated rings. The summed E-state index contributed by atoms with van der Waals surface area (Å²) in [7, 11) is 0. The van der Waals surface area contributed by atoms with Gasteiger partial charge in [0, 0.05) is 63.5 Å². The molecule has 9 aromatic rings. The third-order valence-electron chi connectivity index (χ3n) is 10.2. The Balaban J connectivity index is 1.09. The normalized spacial score (nSPS) is 17.5. The summed E-state index contributed by atoms with van der Waals surface area (Å²) in [6.45, 7) is 0. The Kier molecular flexibility index (Phi) is 5.82. The second-order valence-corrected chi connectivity index (χ2v) is 15.1. The highest BCUT2D eigenvalue weighted by molar-refractivity contribution is 7.30. The van der Waals surface area contributed by atoms with Gasteiger partial charge in [0.25, 0.3) is 0 Å². The van der Waals surface area contributed by atoms with E-state index in [2.05, 4.69) is 167 Å². The molecule has 5 heterocycles. The van der Waals surface area contributed by atoms with Gasteiger partial charge in [-0.25, -0.2) is 0 Å². The van der Waals surface area contributed by atoms with Gasteiger partial charge in [-0.2, -0.15) is 0 Å². The first-order valence-electron chi connectivity index (χ1n) is 16.8. The van der Waals surface area contributed by atoms with Crippen LogP contribution >= 0.6 is 22.7 Å². The van der Waals surface area contributed by atoms with Crippen LogP contribution in [0.5, 0.6) is 0 Å². The number of hydrogen-bond acceptors (Lipinski definition) is 4. The zero-order valence-corrected chi connectivity index (χ0v) is 28.0. The lowest BCUT2D eigenvalue weighted by Gasteiger charge is -2.33. The highest BCUT2D eigenvalue weighted by atomic mass is 32.1. The SMILES string of the molecule is C1=CC(c2ccccc2)NC2=CC=C(c3ccc(-n4c5ccccc5c5c6c7ccccc7sc6c6c7ccccc7sc6c54)cc3)NC12. The molecule has 0 saturated carbocycles. The van der Waals surface area contributed by atoms with Crippen molar-refractivity contribution in [3.8, 4) is 5.69 Å². The molecule has 0 radical (unpaired) electrons. The van der Waals surface area contributed by atoms with E-state index in [-0.39, 0.29) is 12.1 Å². The summed E-state index contributed by atoms with van der Waals surface area (Å²) >= 11 is 3.86. The van der Waals surface area contributed by atoms with Crippen LogP contribution in [-0.4, -0.2) is 10.6 Å². The number of thiophene rings is 2. The molecule has 2 aliphatic heterocycles. The van der Waals surface area contributed by atoms with Gasteiger partial charge >= 0.3 is 0 Å². The molecule has 11 rings (SSSR count). The number of nitrogens with one attached hydrogen (secondary N) is 2. The van der Waals surface area contributed by atoms with E-state index in [1.807, 2.05) is 22.7 Å². The van der Waals surface area contributed by atoms with Gasteiger partial charge in [0.05, 0.1) is 27.8 Å². The van der Waals surface area contributed by atoms with Crippen LogP contribution in [0.4, 0.5) is 0 Å². The van der Waals surface area contributed by atoms with Gasteiger partial charge in [0.2, 0.25) is 0 Å². The first kappa shape index (κ1) is 27.3. The van der Waals surface area contributed by atoms with Gasteiger partial charge in [0.15, 0.2) is 0 Å². The summed E-state index contributed by atoms with van der Waals surface area (Å²) in [5.74, 6) is 0. The van der Waals surface area contributed by atoms with E-state index in [4.69, 9.17) is 0 Å². The van der Waals surface area contributed by atoms with Gasteiger partial charge in [0.1, 0.15) is 0 Å². The molecule has 2 unspecified atom stereocenters. The molecule has 0 aliphatic carbocycles. The number of dihydropyridines is 1. The van der Waals surface area contributed by atoms with Crippen LogP contribution in [0.25, 0.3) is 73.5 Å². The maximum atomic E-state index is 3.77. The molecule has 49 heavy (non-hydrogen) atoms. The lowest BCUT2D eigenvalue weighted by molar-refractivity contribution is 0.606. The zero-order chi connectivity index (χ0) is 32.1. The van der Waals surface area contributed by atoms with Crippen LogP contribution < -0.4 is 10.6 Å². The molecule has 0 amide bonds. The van der Waals surface area contributed by atoms with Crippen molar-refractivity contribution in [2.24, 2.45) is 0 Å². The minimum Gasteiger partial charge on any atom is -0.376 e. The first-order chi connectivity index (χ1) is 24.3. The number of hydrogen-bond donors (Lipinski definition) is 2. The predicted molar refractivity (Wildman–Crippen MR) is 211 cm³/mol. The van der Waals surface area contributed by atoms with E-state index in [1.165, 1.54) is 84.7 Å². The Labute approximate surface area is 290 Å². The van der Waals surface area contributed by atoms with E-state index < -0.39 is 0 Å². The standard InChI is InChI=1S/C44H29N3S2/c1-2-10-26(11-3-1)32-22-24-35-34(45-32)25-23-33(46-35)27-18-20-28(21-19-27)47-36-15-7-4-12-29(36)39-40-30-13-5-8-16-37(30)48-43(40)41-31-14-6-9-17-38(31)49-44(41)42(39)47/h1-25,32,35,45-46H. The molecule has 0 saturated heterocycles. The maximum absolute atomic E-state index is 3.77. The van der Waals surface area contributed by atoms with Crippen LogP contribution in [0.3, 0.4) is 0 Å². The average molecular weight is 664 g/mol. The largest absolute Gasteiger partial charge is 0.376 e. The van der Waals surface area contributed by atoms with E-state index in [1.54, 1.807) is 0 Å². The summed E-state index contributed by atoms with van der Waals surface area (Å²) in [4.78, 5) is 0. The van der Waals surface area contributed by atoms with E-state index in [9.17, 15) is 0 Å². The van der Waals surface area contributed by atoms with Gasteiger partial charge in [-0.15, -0.1) is 22.7 Å². The first-order valence-corrected chi connectivity index (χ1v) is 18.4. The van der Waals surface area contributed by atoms with E-state index in [0.29, 0.717) is 0 Å². The van der Waals surface area contributed by atoms with Gasteiger partial charge < -0.3 is 15.2 Å². The molecule has 2 aliphatic rings. The number of para-hydroxylation sites is 1. The molecular formula is C44H29N3S2. The summed E-state index contributed by atoms with van der Waals surface area (Å²) in [5, 5.41) is 15.6. The highest BCUT2D eigenvalue weighted by Crippen LogP contribution is 2.52. The van der Waals surface area contributed by atoms with E-state index >= 15 is 0 Å². The molecule has 6 aromatic carbocycles. The average Bonchev–Trinajstić information content (AvgIpc) is 3.85. The fraction of sp³-hybridized carbons (Fsp3) is 0.0455. The smallest absolute Gasteiger partial charge is 0.0845 e. The van der Waals surface area contributed by atoms with Gasteiger partial charge in [-0.3, -0.25) is 0 Å². The topological polar surface area (TPSA) is 29.0 Å². The number of rotatable bonds is 3. The van der Waals surface area contributed by atoms with Crippen molar-refractivity contribution in [2.45, 2.75) is 12.1 Å². The molecular weight excluding hydrogens is 635 g/mol. The summed E-state index contributed by atoms with van der Waals surface area (Å²) in [5.41, 5.74) is 8.49. The van der Waals surface area contributed by atoms with Crippen molar-refractivity contribution in [3.05, 3.63) is 169 Å². The second-order valence-electron chi connectivity index (χ2n) is 13.0. The lowest BCUT2D eigenvalue weighted by Crippen LogP contribution is -2.40. The van der Waals surface area contributed by atoms with Crippen LogP contribution in [0.1, 0.15) is 17.2 Å². The molecule has 5 heteroatoms. The molecule has 0 bridgehead atoms. The minimum absolute atomic E-state index is 0.126. The monoisotopic (exact) mass is 663 g/mol. The van der Waals surface area contributed by atoms with Crippen molar-refractivity contribution in [3.63, 3.8) is 0 Å². The Morgan fingerprint density at radius 1 is 0.510 bits per heavy atom. The Morgan fingerprint density at radius 3 is 1.96 bits per heavy atom. The molecule has 3 aromatic heterocycles. The van der Waals surface area contributed by atoms with Crippen molar-refractivity contribution in [1.82, 2.24) is 15.2 Å². The number of allylic oxidation sites excluding steroid dienone is 2. The highest BCUT2D eigenvalue weighted by Gasteiger charge is 2.26. The van der Waals surface area contributed by atoms with Crippen LogP contribution in [0.2, 0.25) is 0 Å². The Morgan fingerprint density at radius 2 is 1.16 bits per heavy atom. The van der Waals surface area contributed by atoms with Crippen molar-refractivity contribution in [2.75, 3.05) is 0 Å². The lowest BCUT2D eigenvalue weighted by atomic mass is 9.96. The minimum atomic E-state index is 0.126. The third-order valence-corrected chi connectivity index (χ3v) is 12.6. The molecule has 3 nitrogen and oxygen atoms in total. The van der Waals surface area contributed by atoms with Crippen LogP contribution in [0, 0.1) is 0 Å². The van der Waals surface area contributed by atoms with Crippen molar-refractivity contribution < 1.29 is 0 Å². The Hall–Kier alpha value is -5.62. The number of nitrogens with zero attached hydrogens (tertiary/aromatic N) is 1. The van der Waals surface area contributed by atoms with Crippen molar-refractivity contribution in [1.29, 1.82) is 0 Å². The number of benzene rings is 6. The summed E-state index contributed by atoms with van der Waals surface area (Å²) in [6.07, 6.45) is 8.98. The van der Waals surface area contributed by atoms with Crippen LogP contribution in [-0.2, 0) is 0 Å². The van der Waals surface area contributed by atoms with Crippen molar-refractivity contribution >= 4 is 90.5 Å². The number of aromatic nitrogens is 1. The summed E-state index contributed by atoms with van der Waals surface area (Å²) in [6, 6.07) is 46.8. The zero-order valence-electron chi connectivity index (χ0n) is 26.4. The quantitative estimate of drug-likeness (QED) is 0.184. The number of fused-ring (bicyclic) bond motifs is 13. The molecule has 232 valence electrons. The second kappa shape index (κ2) is 10.4. The predicted octanol–water partition coefficient (Wildman–Crippen LogP) is 11.6. The fourth-order valence-corrected chi connectivity index (χ4v) is 10.6. The Bertz CT molecular complexity index is 2880. The van der Waals surface area contributed by atoms with Crippen LogP contribution in [0.15, 0.2) is 157 Å². The summed E-state index contributed by atoms with van der Waals surface area (Å²) < 4.78 is 7.93. The molecule has 2 atom stereocenters. The molecule has 0 spiro atoms. The van der Waals surface area contributed by atoms with Gasteiger partial charge in [-0.05, 0) is 53.6 Å². The fourth-order valence-electron chi connectivity index (χ4n) is 8.02. The molecule has 2 N–H and O–H groups in total. The van der Waals surface area contributed by atoms with Gasteiger partial charge in [-0.1, -0.05) is 109 Å². The third kappa shape index (κ3) is 4.00. The van der Waals surface area contributed by atoms with E-state index in [0.717, 1.165) is 5.70 Å². The maximum Gasteiger partial charge on any atom is 0.0845 e.